The van der Waals surface area contributed by atoms with Gasteiger partial charge in [-0.1, -0.05) is 18.2 Å². The van der Waals surface area contributed by atoms with Gasteiger partial charge < -0.3 is 10.2 Å². The second kappa shape index (κ2) is 5.47. The zero-order valence-corrected chi connectivity index (χ0v) is 12.4. The molecule has 1 saturated heterocycles. The first-order valence-electron chi connectivity index (χ1n) is 7.80. The number of benzene rings is 1. The highest BCUT2D eigenvalue weighted by atomic mass is 16.2. The average Bonchev–Trinajstić information content (AvgIpc) is 2.46. The highest BCUT2D eigenvalue weighted by Crippen LogP contribution is 2.29. The summed E-state index contributed by atoms with van der Waals surface area (Å²) in [4.78, 5) is 15.0. The van der Waals surface area contributed by atoms with E-state index in [9.17, 15) is 4.79 Å². The van der Waals surface area contributed by atoms with Gasteiger partial charge in [0, 0.05) is 24.3 Å². The van der Waals surface area contributed by atoms with Gasteiger partial charge in [-0.15, -0.1) is 0 Å². The Hall–Kier alpha value is -1.51. The van der Waals surface area contributed by atoms with E-state index in [-0.39, 0.29) is 5.92 Å². The average molecular weight is 272 g/mol. The normalized spacial score (nSPS) is 29.5. The van der Waals surface area contributed by atoms with Gasteiger partial charge in [0.05, 0.1) is 5.92 Å². The molecule has 0 aliphatic carbocycles. The molecule has 3 atom stereocenters. The van der Waals surface area contributed by atoms with E-state index < -0.39 is 0 Å². The number of carbonyl (C=O) groups is 1. The highest BCUT2D eigenvalue weighted by Gasteiger charge is 2.34. The number of hydrogen-bond donors (Lipinski definition) is 1. The Labute approximate surface area is 121 Å². The summed E-state index contributed by atoms with van der Waals surface area (Å²) in [6, 6.07) is 9.11. The van der Waals surface area contributed by atoms with Crippen molar-refractivity contribution in [3.05, 3.63) is 29.8 Å². The van der Waals surface area contributed by atoms with Crippen molar-refractivity contribution in [1.82, 2.24) is 4.90 Å². The zero-order valence-electron chi connectivity index (χ0n) is 12.4. The molecule has 0 radical (unpaired) electrons. The molecule has 1 amide bonds. The maximum atomic E-state index is 12.9. The van der Waals surface area contributed by atoms with E-state index in [1.54, 1.807) is 0 Å². The van der Waals surface area contributed by atoms with Crippen molar-refractivity contribution in [2.24, 2.45) is 5.92 Å². The Kier molecular flexibility index (Phi) is 3.68. The maximum Gasteiger partial charge on any atom is 0.228 e. The number of amides is 1. The Morgan fingerprint density at radius 3 is 2.65 bits per heavy atom. The van der Waals surface area contributed by atoms with Gasteiger partial charge in [-0.05, 0) is 51.2 Å². The van der Waals surface area contributed by atoms with Crippen molar-refractivity contribution in [3.8, 4) is 0 Å². The number of carbonyl (C=O) groups excluding carboxylic acids is 1. The van der Waals surface area contributed by atoms with Gasteiger partial charge in [-0.25, -0.2) is 0 Å². The summed E-state index contributed by atoms with van der Waals surface area (Å²) < 4.78 is 0. The molecular formula is C17H24N2O. The van der Waals surface area contributed by atoms with Crippen LogP contribution in [-0.4, -0.2) is 29.4 Å². The van der Waals surface area contributed by atoms with Gasteiger partial charge in [0.25, 0.3) is 0 Å². The lowest BCUT2D eigenvalue weighted by Gasteiger charge is -2.41. The number of rotatable bonds is 1. The molecule has 3 unspecified atom stereocenters. The molecule has 1 fully saturated rings. The van der Waals surface area contributed by atoms with Crippen LogP contribution in [0.2, 0.25) is 0 Å². The second-order valence-corrected chi connectivity index (χ2v) is 6.31. The number of para-hydroxylation sites is 1. The standard InChI is InChI=1S/C17H24N2O/c1-12-6-5-7-13(2)19(12)17(20)15-10-14-8-3-4-9-16(14)18-11-15/h3-4,8-9,12-13,15,18H,5-7,10-11H2,1-2H3. The van der Waals surface area contributed by atoms with Crippen LogP contribution < -0.4 is 5.32 Å². The molecule has 0 saturated carbocycles. The van der Waals surface area contributed by atoms with E-state index in [4.69, 9.17) is 0 Å². The molecule has 3 heteroatoms. The third kappa shape index (κ3) is 2.41. The minimum absolute atomic E-state index is 0.0906. The summed E-state index contributed by atoms with van der Waals surface area (Å²) in [6.07, 6.45) is 4.41. The number of anilines is 1. The summed E-state index contributed by atoms with van der Waals surface area (Å²) in [7, 11) is 0. The number of nitrogens with one attached hydrogen (secondary N) is 1. The van der Waals surface area contributed by atoms with E-state index >= 15 is 0 Å². The molecular weight excluding hydrogens is 248 g/mol. The van der Waals surface area contributed by atoms with Gasteiger partial charge in [0.15, 0.2) is 0 Å². The lowest BCUT2D eigenvalue weighted by Crippen LogP contribution is -2.51. The molecule has 0 bridgehead atoms. The molecule has 0 spiro atoms. The van der Waals surface area contributed by atoms with Gasteiger partial charge in [-0.2, -0.15) is 0 Å². The molecule has 3 rings (SSSR count). The van der Waals surface area contributed by atoms with Crippen LogP contribution in [-0.2, 0) is 11.2 Å². The predicted molar refractivity (Wildman–Crippen MR) is 81.7 cm³/mol. The van der Waals surface area contributed by atoms with Crippen molar-refractivity contribution in [2.75, 3.05) is 11.9 Å². The molecule has 1 N–H and O–H groups in total. The molecule has 3 nitrogen and oxygen atoms in total. The van der Waals surface area contributed by atoms with Crippen LogP contribution in [0.3, 0.4) is 0 Å². The SMILES string of the molecule is CC1CCCC(C)N1C(=O)C1CNc2ccccc2C1. The van der Waals surface area contributed by atoms with Gasteiger partial charge in [0.2, 0.25) is 5.91 Å². The molecule has 0 aromatic heterocycles. The topological polar surface area (TPSA) is 32.3 Å². The largest absolute Gasteiger partial charge is 0.384 e. The van der Waals surface area contributed by atoms with Crippen molar-refractivity contribution in [1.29, 1.82) is 0 Å². The number of fused-ring (bicyclic) bond motifs is 1. The van der Waals surface area contributed by atoms with Gasteiger partial charge >= 0.3 is 0 Å². The third-order valence-corrected chi connectivity index (χ3v) is 4.82. The van der Waals surface area contributed by atoms with Crippen LogP contribution in [0.25, 0.3) is 0 Å². The summed E-state index contributed by atoms with van der Waals surface area (Å²) in [5, 5.41) is 3.41. The Morgan fingerprint density at radius 2 is 1.90 bits per heavy atom. The molecule has 1 aromatic rings. The maximum absolute atomic E-state index is 12.9. The minimum Gasteiger partial charge on any atom is -0.384 e. The summed E-state index contributed by atoms with van der Waals surface area (Å²) in [5.41, 5.74) is 2.46. The third-order valence-electron chi connectivity index (χ3n) is 4.82. The number of nitrogens with zero attached hydrogens (tertiary/aromatic N) is 1. The van der Waals surface area contributed by atoms with Crippen molar-refractivity contribution in [3.63, 3.8) is 0 Å². The van der Waals surface area contributed by atoms with E-state index in [0.29, 0.717) is 18.0 Å². The Morgan fingerprint density at radius 1 is 1.20 bits per heavy atom. The number of likely N-dealkylation sites (tertiary alicyclic amines) is 1. The highest BCUT2D eigenvalue weighted by molar-refractivity contribution is 5.81. The van der Waals surface area contributed by atoms with Crippen LogP contribution >= 0.6 is 0 Å². The fourth-order valence-electron chi connectivity index (χ4n) is 3.68. The first-order chi connectivity index (χ1) is 9.66. The molecule has 2 aliphatic heterocycles. The number of hydrogen-bond acceptors (Lipinski definition) is 2. The lowest BCUT2D eigenvalue weighted by atomic mass is 9.89. The van der Waals surface area contributed by atoms with E-state index in [0.717, 1.165) is 25.8 Å². The monoisotopic (exact) mass is 272 g/mol. The summed E-state index contributed by atoms with van der Waals surface area (Å²) in [5.74, 6) is 0.430. The first-order valence-corrected chi connectivity index (χ1v) is 7.80. The number of piperidine rings is 1. The van der Waals surface area contributed by atoms with Crippen molar-refractivity contribution in [2.45, 2.75) is 51.6 Å². The molecule has 20 heavy (non-hydrogen) atoms. The van der Waals surface area contributed by atoms with E-state index in [2.05, 4.69) is 42.3 Å². The fourth-order valence-corrected chi connectivity index (χ4v) is 3.68. The van der Waals surface area contributed by atoms with Crippen LogP contribution in [0.15, 0.2) is 24.3 Å². The first kappa shape index (κ1) is 13.5. The van der Waals surface area contributed by atoms with Crippen LogP contribution in [0.4, 0.5) is 5.69 Å². The van der Waals surface area contributed by atoms with Gasteiger partial charge in [-0.3, -0.25) is 4.79 Å². The quantitative estimate of drug-likeness (QED) is 0.852. The fraction of sp³-hybridized carbons (Fsp3) is 0.588. The Bertz CT molecular complexity index is 490. The molecule has 108 valence electrons. The molecule has 2 heterocycles. The lowest BCUT2D eigenvalue weighted by molar-refractivity contribution is -0.141. The molecule has 1 aromatic carbocycles. The van der Waals surface area contributed by atoms with Crippen LogP contribution in [0.5, 0.6) is 0 Å². The zero-order chi connectivity index (χ0) is 14.1. The van der Waals surface area contributed by atoms with E-state index in [1.165, 1.54) is 17.7 Å². The van der Waals surface area contributed by atoms with Gasteiger partial charge in [0.1, 0.15) is 0 Å². The minimum atomic E-state index is 0.0906. The van der Waals surface area contributed by atoms with Crippen LogP contribution in [0, 0.1) is 5.92 Å². The predicted octanol–water partition coefficient (Wildman–Crippen LogP) is 3.06. The van der Waals surface area contributed by atoms with Crippen molar-refractivity contribution >= 4 is 11.6 Å². The van der Waals surface area contributed by atoms with E-state index in [1.807, 2.05) is 6.07 Å². The Balaban J connectivity index is 1.75. The van der Waals surface area contributed by atoms with Crippen LogP contribution in [0.1, 0.15) is 38.7 Å². The summed E-state index contributed by atoms with van der Waals surface area (Å²) >= 11 is 0. The molecule has 2 aliphatic rings. The van der Waals surface area contributed by atoms with Crippen molar-refractivity contribution < 1.29 is 4.79 Å². The summed E-state index contributed by atoms with van der Waals surface area (Å²) in [6.45, 7) is 5.15. The smallest absolute Gasteiger partial charge is 0.228 e. The second-order valence-electron chi connectivity index (χ2n) is 6.31.